The Morgan fingerprint density at radius 1 is 0.818 bits per heavy atom. The fourth-order valence-electron chi connectivity index (χ4n) is 3.03. The monoisotopic (exact) mass is 454 g/mol. The molecule has 0 fully saturated rings. The highest BCUT2D eigenvalue weighted by atomic mass is 16.6. The topological polar surface area (TPSA) is 170 Å². The van der Waals surface area contributed by atoms with Gasteiger partial charge in [-0.1, -0.05) is 0 Å². The standard InChI is InChI=1S/C21H18N4O8/c1-32-13-4-6-15(19(26)10-13)21(16-7-5-14(33-2)11-20(16)27)23-22-17-8-3-12(24(28)29)9-18(17)25(30)31/h3-11,21,26-27H,1-2H3. The maximum absolute atomic E-state index is 11.4. The number of phenolic OH excluding ortho intramolecular Hbond substituents is 2. The van der Waals surface area contributed by atoms with Crippen molar-refractivity contribution in [3.63, 3.8) is 0 Å². The van der Waals surface area contributed by atoms with Gasteiger partial charge in [0.2, 0.25) is 0 Å². The molecule has 0 aliphatic rings. The molecule has 0 bridgehead atoms. The molecule has 0 aromatic heterocycles. The van der Waals surface area contributed by atoms with E-state index in [-0.39, 0.29) is 28.3 Å². The minimum atomic E-state index is -1.09. The van der Waals surface area contributed by atoms with Gasteiger partial charge in [-0.05, 0) is 30.3 Å². The van der Waals surface area contributed by atoms with Crippen molar-refractivity contribution in [2.75, 3.05) is 14.2 Å². The Labute approximate surface area is 186 Å². The number of ether oxygens (including phenoxy) is 2. The zero-order valence-electron chi connectivity index (χ0n) is 17.4. The second-order valence-electron chi connectivity index (χ2n) is 6.65. The molecule has 170 valence electrons. The highest BCUT2D eigenvalue weighted by Gasteiger charge is 2.24. The fraction of sp³-hybridized carbons (Fsp3) is 0.143. The van der Waals surface area contributed by atoms with Crippen molar-refractivity contribution in [2.24, 2.45) is 10.2 Å². The van der Waals surface area contributed by atoms with Crippen LogP contribution < -0.4 is 9.47 Å². The van der Waals surface area contributed by atoms with E-state index in [0.29, 0.717) is 11.5 Å². The van der Waals surface area contributed by atoms with E-state index in [1.54, 1.807) is 12.1 Å². The van der Waals surface area contributed by atoms with Crippen LogP contribution in [0.25, 0.3) is 0 Å². The SMILES string of the molecule is COc1ccc(C(N=Nc2ccc([N+](=O)[O-])cc2[N+](=O)[O-])c2ccc(OC)cc2O)c(O)c1. The molecule has 0 unspecified atom stereocenters. The van der Waals surface area contributed by atoms with Crippen molar-refractivity contribution >= 4 is 17.1 Å². The van der Waals surface area contributed by atoms with Crippen LogP contribution in [0.5, 0.6) is 23.0 Å². The van der Waals surface area contributed by atoms with Gasteiger partial charge in [0.15, 0.2) is 5.69 Å². The number of phenols is 2. The normalized spacial score (nSPS) is 11.0. The number of azo groups is 1. The number of nitro groups is 2. The molecule has 0 aliphatic heterocycles. The molecule has 3 aromatic carbocycles. The molecule has 0 amide bonds. The van der Waals surface area contributed by atoms with E-state index in [4.69, 9.17) is 9.47 Å². The number of methoxy groups -OCH3 is 2. The van der Waals surface area contributed by atoms with E-state index in [9.17, 15) is 30.4 Å². The van der Waals surface area contributed by atoms with Gasteiger partial charge in [0.1, 0.15) is 29.0 Å². The van der Waals surface area contributed by atoms with Crippen LogP contribution in [-0.2, 0) is 0 Å². The van der Waals surface area contributed by atoms with Gasteiger partial charge in [0, 0.05) is 29.3 Å². The van der Waals surface area contributed by atoms with Crippen LogP contribution in [0.2, 0.25) is 0 Å². The van der Waals surface area contributed by atoms with Crippen LogP contribution in [0, 0.1) is 20.2 Å². The molecule has 2 N–H and O–H groups in total. The molecule has 33 heavy (non-hydrogen) atoms. The van der Waals surface area contributed by atoms with Gasteiger partial charge in [-0.2, -0.15) is 5.11 Å². The van der Waals surface area contributed by atoms with Crippen molar-refractivity contribution in [3.05, 3.63) is 86.0 Å². The summed E-state index contributed by atoms with van der Waals surface area (Å²) in [6.07, 6.45) is 0. The van der Waals surface area contributed by atoms with Gasteiger partial charge in [0.05, 0.1) is 30.1 Å². The number of nitrogens with zero attached hydrogens (tertiary/aromatic N) is 4. The third kappa shape index (κ3) is 4.95. The molecule has 0 heterocycles. The van der Waals surface area contributed by atoms with E-state index >= 15 is 0 Å². The first-order valence-corrected chi connectivity index (χ1v) is 9.32. The fourth-order valence-corrected chi connectivity index (χ4v) is 3.03. The predicted octanol–water partition coefficient (Wildman–Crippen LogP) is 4.80. The Bertz CT molecular complexity index is 1190. The Morgan fingerprint density at radius 2 is 1.36 bits per heavy atom. The average Bonchev–Trinajstić information content (AvgIpc) is 2.80. The number of non-ortho nitro benzene ring substituents is 1. The lowest BCUT2D eigenvalue weighted by Gasteiger charge is -2.16. The molecule has 12 nitrogen and oxygen atoms in total. The summed E-state index contributed by atoms with van der Waals surface area (Å²) in [6.45, 7) is 0. The summed E-state index contributed by atoms with van der Waals surface area (Å²) in [7, 11) is 2.85. The van der Waals surface area contributed by atoms with Crippen LogP contribution >= 0.6 is 0 Å². The number of hydrogen-bond donors (Lipinski definition) is 2. The minimum absolute atomic E-state index is 0.216. The molecule has 0 saturated carbocycles. The lowest BCUT2D eigenvalue weighted by atomic mass is 9.97. The maximum atomic E-state index is 11.4. The Balaban J connectivity index is 2.14. The van der Waals surface area contributed by atoms with Crippen LogP contribution in [-0.4, -0.2) is 34.3 Å². The van der Waals surface area contributed by atoms with Gasteiger partial charge in [-0.3, -0.25) is 20.2 Å². The van der Waals surface area contributed by atoms with E-state index in [0.717, 1.165) is 18.2 Å². The van der Waals surface area contributed by atoms with Crippen LogP contribution in [0.4, 0.5) is 17.1 Å². The molecule has 3 rings (SSSR count). The lowest BCUT2D eigenvalue weighted by Crippen LogP contribution is -2.00. The summed E-state index contributed by atoms with van der Waals surface area (Å²) in [5, 5.41) is 51.4. The maximum Gasteiger partial charge on any atom is 0.303 e. The minimum Gasteiger partial charge on any atom is -0.507 e. The quantitative estimate of drug-likeness (QED) is 0.277. The molecular formula is C21H18N4O8. The van der Waals surface area contributed by atoms with E-state index in [1.807, 2.05) is 0 Å². The largest absolute Gasteiger partial charge is 0.507 e. The highest BCUT2D eigenvalue weighted by molar-refractivity contribution is 5.61. The predicted molar refractivity (Wildman–Crippen MR) is 115 cm³/mol. The summed E-state index contributed by atoms with van der Waals surface area (Å²) < 4.78 is 10.2. The first kappa shape index (κ1) is 22.9. The van der Waals surface area contributed by atoms with E-state index < -0.39 is 27.3 Å². The Morgan fingerprint density at radius 3 is 1.79 bits per heavy atom. The molecule has 0 spiro atoms. The van der Waals surface area contributed by atoms with E-state index in [2.05, 4.69) is 10.2 Å². The van der Waals surface area contributed by atoms with Crippen molar-refractivity contribution in [1.82, 2.24) is 0 Å². The molecule has 0 saturated heterocycles. The summed E-state index contributed by atoms with van der Waals surface area (Å²) >= 11 is 0. The Kier molecular flexibility index (Phi) is 6.67. The smallest absolute Gasteiger partial charge is 0.303 e. The molecule has 0 radical (unpaired) electrons. The summed E-state index contributed by atoms with van der Waals surface area (Å²) in [5.74, 6) is 0.312. The highest BCUT2D eigenvalue weighted by Crippen LogP contribution is 2.41. The van der Waals surface area contributed by atoms with Crippen molar-refractivity contribution in [2.45, 2.75) is 6.04 Å². The second kappa shape index (κ2) is 9.60. The molecular weight excluding hydrogens is 436 g/mol. The van der Waals surface area contributed by atoms with Crippen LogP contribution in [0.1, 0.15) is 17.2 Å². The van der Waals surface area contributed by atoms with Crippen molar-refractivity contribution in [3.8, 4) is 23.0 Å². The van der Waals surface area contributed by atoms with Crippen molar-refractivity contribution < 1.29 is 29.5 Å². The third-order valence-corrected chi connectivity index (χ3v) is 4.71. The molecule has 0 atom stereocenters. The first-order chi connectivity index (χ1) is 15.7. The van der Waals surface area contributed by atoms with Gasteiger partial charge in [0.25, 0.3) is 5.69 Å². The van der Waals surface area contributed by atoms with Gasteiger partial charge >= 0.3 is 5.69 Å². The van der Waals surface area contributed by atoms with Crippen LogP contribution in [0.3, 0.4) is 0 Å². The number of rotatable bonds is 8. The molecule has 0 aliphatic carbocycles. The number of nitro benzene ring substituents is 2. The van der Waals surface area contributed by atoms with Crippen LogP contribution in [0.15, 0.2) is 64.8 Å². The first-order valence-electron chi connectivity index (χ1n) is 9.32. The second-order valence-corrected chi connectivity index (χ2v) is 6.65. The van der Waals surface area contributed by atoms with Gasteiger partial charge in [-0.15, -0.1) is 5.11 Å². The number of hydrogen-bond acceptors (Lipinski definition) is 10. The molecule has 3 aromatic rings. The zero-order chi connectivity index (χ0) is 24.1. The third-order valence-electron chi connectivity index (χ3n) is 4.71. The number of benzene rings is 3. The summed E-state index contributed by atoms with van der Waals surface area (Å²) in [4.78, 5) is 20.8. The van der Waals surface area contributed by atoms with Crippen molar-refractivity contribution in [1.29, 1.82) is 0 Å². The van der Waals surface area contributed by atoms with Gasteiger partial charge in [-0.25, -0.2) is 0 Å². The number of aromatic hydroxyl groups is 2. The zero-order valence-corrected chi connectivity index (χ0v) is 17.4. The molecule has 12 heteroatoms. The van der Waals surface area contributed by atoms with E-state index in [1.165, 1.54) is 38.5 Å². The van der Waals surface area contributed by atoms with Gasteiger partial charge < -0.3 is 19.7 Å². The summed E-state index contributed by atoms with van der Waals surface area (Å²) in [6, 6.07) is 10.7. The Hall–Kier alpha value is -4.74. The summed E-state index contributed by atoms with van der Waals surface area (Å²) in [5.41, 5.74) is -0.881. The lowest BCUT2D eigenvalue weighted by molar-refractivity contribution is -0.393. The average molecular weight is 454 g/mol.